The van der Waals surface area contributed by atoms with E-state index >= 15 is 0 Å². The molecule has 0 amide bonds. The normalized spacial score (nSPS) is 15.7. The van der Waals surface area contributed by atoms with Crippen molar-refractivity contribution in [3.63, 3.8) is 0 Å². The van der Waals surface area contributed by atoms with Crippen LogP contribution in [0.15, 0.2) is 4.99 Å². The number of aliphatic imine (C=N–C) groups is 1. The van der Waals surface area contributed by atoms with E-state index in [1.54, 1.807) is 17.7 Å². The molecule has 0 saturated carbocycles. The van der Waals surface area contributed by atoms with Gasteiger partial charge in [-0.2, -0.15) is 0 Å². The fourth-order valence-electron chi connectivity index (χ4n) is 1.07. The Morgan fingerprint density at radius 1 is 1.41 bits per heavy atom. The van der Waals surface area contributed by atoms with Crippen molar-refractivity contribution in [1.82, 2.24) is 5.09 Å². The standard InChI is InChI=1S/C11H25N2OPS2/c1-6-7-8-12-9-13-15(16,14-10(2)3)17-11(4)5/h9-11H,6-8H2,1-5H3,(H,12,13,16). The van der Waals surface area contributed by atoms with E-state index in [1.165, 1.54) is 0 Å². The van der Waals surface area contributed by atoms with Gasteiger partial charge >= 0.3 is 0 Å². The maximum atomic E-state index is 5.84. The van der Waals surface area contributed by atoms with Gasteiger partial charge in [0.2, 0.25) is 5.62 Å². The van der Waals surface area contributed by atoms with E-state index in [4.69, 9.17) is 16.3 Å². The zero-order valence-corrected chi connectivity index (χ0v) is 14.0. The highest BCUT2D eigenvalue weighted by atomic mass is 32.9. The molecule has 1 atom stereocenters. The van der Waals surface area contributed by atoms with Crippen molar-refractivity contribution in [2.75, 3.05) is 6.54 Å². The summed E-state index contributed by atoms with van der Waals surface area (Å²) < 4.78 is 5.84. The van der Waals surface area contributed by atoms with Crippen molar-refractivity contribution < 1.29 is 4.52 Å². The summed E-state index contributed by atoms with van der Waals surface area (Å²) >= 11 is 7.28. The van der Waals surface area contributed by atoms with Gasteiger partial charge in [0.1, 0.15) is 0 Å². The summed E-state index contributed by atoms with van der Waals surface area (Å²) in [5.41, 5.74) is -2.03. The minimum absolute atomic E-state index is 0.142. The molecule has 0 rings (SSSR count). The molecule has 17 heavy (non-hydrogen) atoms. The highest BCUT2D eigenvalue weighted by Crippen LogP contribution is 2.58. The van der Waals surface area contributed by atoms with Gasteiger partial charge in [-0.1, -0.05) is 38.6 Å². The largest absolute Gasteiger partial charge is 0.324 e. The summed E-state index contributed by atoms with van der Waals surface area (Å²) in [6, 6.07) is 0. The molecule has 6 heteroatoms. The quantitative estimate of drug-likeness (QED) is 0.299. The Bertz CT molecular complexity index is 256. The van der Waals surface area contributed by atoms with Gasteiger partial charge in [-0.05, 0) is 32.1 Å². The van der Waals surface area contributed by atoms with Crippen LogP contribution in [0, 0.1) is 0 Å². The van der Waals surface area contributed by atoms with Gasteiger partial charge in [-0.15, -0.1) is 0 Å². The van der Waals surface area contributed by atoms with Gasteiger partial charge < -0.3 is 9.61 Å². The second kappa shape index (κ2) is 9.37. The molecule has 0 heterocycles. The Morgan fingerprint density at radius 2 is 2.06 bits per heavy atom. The summed E-state index contributed by atoms with van der Waals surface area (Å²) in [5.74, 6) is 0. The third-order valence-electron chi connectivity index (χ3n) is 1.65. The van der Waals surface area contributed by atoms with Gasteiger partial charge in [-0.3, -0.25) is 4.99 Å². The first-order valence-electron chi connectivity index (χ1n) is 6.12. The lowest BCUT2D eigenvalue weighted by Crippen LogP contribution is -2.13. The van der Waals surface area contributed by atoms with Gasteiger partial charge in [0.15, 0.2) is 0 Å². The van der Waals surface area contributed by atoms with Gasteiger partial charge in [0.25, 0.3) is 0 Å². The predicted molar refractivity (Wildman–Crippen MR) is 84.6 cm³/mol. The number of hydrogen-bond acceptors (Lipinski definition) is 4. The minimum atomic E-state index is -2.03. The van der Waals surface area contributed by atoms with E-state index < -0.39 is 5.62 Å². The van der Waals surface area contributed by atoms with Gasteiger partial charge in [0.05, 0.1) is 12.4 Å². The lowest BCUT2D eigenvalue weighted by molar-refractivity contribution is 0.274. The van der Waals surface area contributed by atoms with Crippen molar-refractivity contribution in [3.05, 3.63) is 0 Å². The van der Waals surface area contributed by atoms with E-state index in [2.05, 4.69) is 30.9 Å². The van der Waals surface area contributed by atoms with Gasteiger partial charge in [-0.25, -0.2) is 0 Å². The molecule has 0 fully saturated rings. The first kappa shape index (κ1) is 17.4. The fourth-order valence-corrected chi connectivity index (χ4v) is 7.43. The molecular formula is C11H25N2OPS2. The number of unbranched alkanes of at least 4 members (excludes halogenated alkanes) is 1. The Labute approximate surface area is 115 Å². The zero-order valence-electron chi connectivity index (χ0n) is 11.5. The van der Waals surface area contributed by atoms with Crippen LogP contribution in [0.25, 0.3) is 0 Å². The third-order valence-corrected chi connectivity index (χ3v) is 7.50. The van der Waals surface area contributed by atoms with E-state index in [1.807, 2.05) is 13.8 Å². The van der Waals surface area contributed by atoms with Crippen LogP contribution in [0.4, 0.5) is 0 Å². The molecule has 0 aromatic heterocycles. The van der Waals surface area contributed by atoms with Crippen LogP contribution >= 0.6 is 17.0 Å². The van der Waals surface area contributed by atoms with Crippen LogP contribution in [-0.4, -0.2) is 24.2 Å². The molecular weight excluding hydrogens is 271 g/mol. The third kappa shape index (κ3) is 10.1. The van der Waals surface area contributed by atoms with Crippen molar-refractivity contribution in [2.45, 2.75) is 58.8 Å². The van der Waals surface area contributed by atoms with Crippen LogP contribution in [0.1, 0.15) is 47.5 Å². The van der Waals surface area contributed by atoms with Crippen molar-refractivity contribution >= 4 is 35.1 Å². The smallest absolute Gasteiger partial charge is 0.211 e. The predicted octanol–water partition coefficient (Wildman–Crippen LogP) is 4.20. The van der Waals surface area contributed by atoms with E-state index in [-0.39, 0.29) is 6.10 Å². The second-order valence-corrected chi connectivity index (χ2v) is 11.4. The number of rotatable bonds is 9. The van der Waals surface area contributed by atoms with E-state index in [0.717, 1.165) is 19.4 Å². The SMILES string of the molecule is CCCCN=CNP(=S)(OC(C)C)SC(C)C. The lowest BCUT2D eigenvalue weighted by Gasteiger charge is -2.25. The molecule has 0 aliphatic carbocycles. The Morgan fingerprint density at radius 3 is 2.53 bits per heavy atom. The van der Waals surface area contributed by atoms with Crippen LogP contribution in [0.5, 0.6) is 0 Å². The summed E-state index contributed by atoms with van der Waals surface area (Å²) in [6.45, 7) is 11.3. The molecule has 1 unspecified atom stereocenters. The van der Waals surface area contributed by atoms with Gasteiger partial charge in [0, 0.05) is 11.8 Å². The van der Waals surface area contributed by atoms with Crippen LogP contribution < -0.4 is 5.09 Å². The molecule has 0 aromatic rings. The van der Waals surface area contributed by atoms with Crippen molar-refractivity contribution in [2.24, 2.45) is 4.99 Å². The summed E-state index contributed by atoms with van der Waals surface area (Å²) in [7, 11) is 0. The number of nitrogens with one attached hydrogen (secondary N) is 1. The summed E-state index contributed by atoms with van der Waals surface area (Å²) in [6.07, 6.45) is 4.15. The highest BCUT2D eigenvalue weighted by molar-refractivity contribution is 8.69. The average molecular weight is 296 g/mol. The Hall–Kier alpha value is 0.430. The zero-order chi connectivity index (χ0) is 13.3. The van der Waals surface area contributed by atoms with Crippen molar-refractivity contribution in [1.29, 1.82) is 0 Å². The van der Waals surface area contributed by atoms with Crippen LogP contribution in [0.3, 0.4) is 0 Å². The Balaban J connectivity index is 4.28. The molecule has 0 radical (unpaired) electrons. The lowest BCUT2D eigenvalue weighted by atomic mass is 10.3. The number of hydrogen-bond donors (Lipinski definition) is 1. The fraction of sp³-hybridized carbons (Fsp3) is 0.909. The average Bonchev–Trinajstić information content (AvgIpc) is 2.14. The highest BCUT2D eigenvalue weighted by Gasteiger charge is 2.20. The molecule has 102 valence electrons. The molecule has 1 N–H and O–H groups in total. The maximum Gasteiger partial charge on any atom is 0.211 e. The van der Waals surface area contributed by atoms with Crippen LogP contribution in [-0.2, 0) is 16.3 Å². The Kier molecular flexibility index (Phi) is 9.61. The maximum absolute atomic E-state index is 5.84. The molecule has 0 spiro atoms. The first-order chi connectivity index (χ1) is 7.89. The minimum Gasteiger partial charge on any atom is -0.324 e. The monoisotopic (exact) mass is 296 g/mol. The van der Waals surface area contributed by atoms with E-state index in [9.17, 15) is 0 Å². The van der Waals surface area contributed by atoms with Crippen LogP contribution in [0.2, 0.25) is 0 Å². The summed E-state index contributed by atoms with van der Waals surface area (Å²) in [5, 5.41) is 3.65. The topological polar surface area (TPSA) is 33.6 Å². The molecule has 3 nitrogen and oxygen atoms in total. The van der Waals surface area contributed by atoms with E-state index in [0.29, 0.717) is 5.25 Å². The summed E-state index contributed by atoms with van der Waals surface area (Å²) in [4.78, 5) is 4.29. The molecule has 0 saturated heterocycles. The number of nitrogens with zero attached hydrogens (tertiary/aromatic N) is 1. The molecule has 0 aliphatic heterocycles. The van der Waals surface area contributed by atoms with Crippen molar-refractivity contribution in [3.8, 4) is 0 Å². The molecule has 0 aromatic carbocycles. The molecule has 0 aliphatic rings. The molecule has 0 bridgehead atoms. The first-order valence-corrected chi connectivity index (χ1v) is 10.3. The second-order valence-electron chi connectivity index (χ2n) is 4.32.